The summed E-state index contributed by atoms with van der Waals surface area (Å²) in [4.78, 5) is 4.40. The molecule has 0 aliphatic heterocycles. The summed E-state index contributed by atoms with van der Waals surface area (Å²) in [6, 6.07) is 9.74. The molecule has 2 aromatic rings. The van der Waals surface area contributed by atoms with Gasteiger partial charge in [0.1, 0.15) is 18.2 Å². The van der Waals surface area contributed by atoms with Crippen LogP contribution in [0.1, 0.15) is 16.8 Å². The van der Waals surface area contributed by atoms with Gasteiger partial charge in [-0.05, 0) is 37.1 Å². The van der Waals surface area contributed by atoms with Crippen molar-refractivity contribution in [2.24, 2.45) is 0 Å². The van der Waals surface area contributed by atoms with Crippen LogP contribution in [-0.4, -0.2) is 12.0 Å². The van der Waals surface area contributed by atoms with E-state index in [9.17, 15) is 0 Å². The SMILES string of the molecule is CNc1ccc(Cl)c(COc2c(C)cccc2C)n1. The first-order chi connectivity index (χ1) is 9.11. The molecule has 0 radical (unpaired) electrons. The maximum Gasteiger partial charge on any atom is 0.132 e. The molecule has 1 heterocycles. The van der Waals surface area contributed by atoms with Crippen molar-refractivity contribution in [1.29, 1.82) is 0 Å². The average Bonchev–Trinajstić information content (AvgIpc) is 2.40. The number of para-hydroxylation sites is 1. The molecule has 4 heteroatoms. The third-order valence-corrected chi connectivity index (χ3v) is 3.28. The van der Waals surface area contributed by atoms with E-state index in [-0.39, 0.29) is 0 Å². The highest BCUT2D eigenvalue weighted by atomic mass is 35.5. The van der Waals surface area contributed by atoms with Crippen LogP contribution in [0.25, 0.3) is 0 Å². The first kappa shape index (κ1) is 13.7. The number of hydrogen-bond donors (Lipinski definition) is 1. The molecule has 0 aliphatic carbocycles. The minimum Gasteiger partial charge on any atom is -0.487 e. The summed E-state index contributed by atoms with van der Waals surface area (Å²) in [5.41, 5.74) is 2.96. The Hall–Kier alpha value is -1.74. The smallest absolute Gasteiger partial charge is 0.132 e. The lowest BCUT2D eigenvalue weighted by atomic mass is 10.1. The van der Waals surface area contributed by atoms with E-state index in [1.165, 1.54) is 0 Å². The zero-order chi connectivity index (χ0) is 13.8. The zero-order valence-electron chi connectivity index (χ0n) is 11.3. The molecule has 0 saturated heterocycles. The third kappa shape index (κ3) is 3.18. The lowest BCUT2D eigenvalue weighted by Gasteiger charge is -2.12. The van der Waals surface area contributed by atoms with Gasteiger partial charge in [-0.15, -0.1) is 0 Å². The molecule has 0 bridgehead atoms. The van der Waals surface area contributed by atoms with Crippen molar-refractivity contribution in [2.45, 2.75) is 20.5 Å². The summed E-state index contributed by atoms with van der Waals surface area (Å²) in [7, 11) is 1.83. The first-order valence-corrected chi connectivity index (χ1v) is 6.52. The van der Waals surface area contributed by atoms with E-state index in [0.717, 1.165) is 28.4 Å². The summed E-state index contributed by atoms with van der Waals surface area (Å²) in [5, 5.41) is 3.61. The highest BCUT2D eigenvalue weighted by molar-refractivity contribution is 6.31. The normalized spacial score (nSPS) is 10.3. The van der Waals surface area contributed by atoms with Crippen molar-refractivity contribution in [3.63, 3.8) is 0 Å². The van der Waals surface area contributed by atoms with E-state index in [1.54, 1.807) is 0 Å². The maximum atomic E-state index is 6.13. The minimum atomic E-state index is 0.361. The number of benzene rings is 1. The van der Waals surface area contributed by atoms with Crippen molar-refractivity contribution in [1.82, 2.24) is 4.98 Å². The predicted octanol–water partition coefficient (Wildman–Crippen LogP) is 3.97. The van der Waals surface area contributed by atoms with Gasteiger partial charge in [-0.2, -0.15) is 0 Å². The Bertz CT molecular complexity index is 564. The van der Waals surface area contributed by atoms with E-state index in [1.807, 2.05) is 51.2 Å². The number of halogens is 1. The number of anilines is 1. The second kappa shape index (κ2) is 5.93. The van der Waals surface area contributed by atoms with Crippen molar-refractivity contribution in [3.8, 4) is 5.75 Å². The molecule has 0 unspecified atom stereocenters. The van der Waals surface area contributed by atoms with Crippen LogP contribution in [0, 0.1) is 13.8 Å². The summed E-state index contributed by atoms with van der Waals surface area (Å²) in [6.07, 6.45) is 0. The molecule has 0 aliphatic rings. The summed E-state index contributed by atoms with van der Waals surface area (Å²) >= 11 is 6.13. The van der Waals surface area contributed by atoms with Crippen molar-refractivity contribution in [3.05, 3.63) is 52.2 Å². The Balaban J connectivity index is 2.19. The number of rotatable bonds is 4. The fourth-order valence-electron chi connectivity index (χ4n) is 1.89. The van der Waals surface area contributed by atoms with Crippen LogP contribution < -0.4 is 10.1 Å². The monoisotopic (exact) mass is 276 g/mol. The highest BCUT2D eigenvalue weighted by Gasteiger charge is 2.07. The molecular formula is C15H17ClN2O. The zero-order valence-corrected chi connectivity index (χ0v) is 12.1. The van der Waals surface area contributed by atoms with Crippen LogP contribution in [0.4, 0.5) is 5.82 Å². The van der Waals surface area contributed by atoms with Gasteiger partial charge >= 0.3 is 0 Å². The van der Waals surface area contributed by atoms with Crippen LogP contribution in [0.5, 0.6) is 5.75 Å². The van der Waals surface area contributed by atoms with Crippen molar-refractivity contribution < 1.29 is 4.74 Å². The summed E-state index contributed by atoms with van der Waals surface area (Å²) in [5.74, 6) is 1.68. The molecule has 0 fully saturated rings. The molecule has 3 nitrogen and oxygen atoms in total. The lowest BCUT2D eigenvalue weighted by Crippen LogP contribution is -2.03. The van der Waals surface area contributed by atoms with Gasteiger partial charge in [0, 0.05) is 7.05 Å². The quantitative estimate of drug-likeness (QED) is 0.917. The van der Waals surface area contributed by atoms with Gasteiger partial charge in [0.15, 0.2) is 0 Å². The molecule has 1 N–H and O–H groups in total. The van der Waals surface area contributed by atoms with Crippen LogP contribution >= 0.6 is 11.6 Å². The number of aryl methyl sites for hydroxylation is 2. The van der Waals surface area contributed by atoms with E-state index >= 15 is 0 Å². The number of pyridine rings is 1. The maximum absolute atomic E-state index is 6.13. The number of ether oxygens (including phenoxy) is 1. The van der Waals surface area contributed by atoms with Crippen molar-refractivity contribution >= 4 is 17.4 Å². The summed E-state index contributed by atoms with van der Waals surface area (Å²) in [6.45, 7) is 4.42. The number of aromatic nitrogens is 1. The Morgan fingerprint density at radius 1 is 1.16 bits per heavy atom. The fourth-order valence-corrected chi connectivity index (χ4v) is 2.05. The van der Waals surface area contributed by atoms with Gasteiger partial charge in [-0.25, -0.2) is 4.98 Å². The molecule has 0 spiro atoms. The van der Waals surface area contributed by atoms with Crippen LogP contribution in [0.15, 0.2) is 30.3 Å². The van der Waals surface area contributed by atoms with Crippen LogP contribution in [-0.2, 0) is 6.61 Å². The van der Waals surface area contributed by atoms with Gasteiger partial charge in [0.2, 0.25) is 0 Å². The standard InChI is InChI=1S/C15H17ClN2O/c1-10-5-4-6-11(2)15(10)19-9-13-12(16)7-8-14(17-3)18-13/h4-8H,9H2,1-3H3,(H,17,18). The number of nitrogens with zero attached hydrogens (tertiary/aromatic N) is 1. The van der Waals surface area contributed by atoms with Gasteiger partial charge in [-0.3, -0.25) is 0 Å². The number of nitrogens with one attached hydrogen (secondary N) is 1. The first-order valence-electron chi connectivity index (χ1n) is 6.14. The Morgan fingerprint density at radius 3 is 2.47 bits per heavy atom. The molecule has 19 heavy (non-hydrogen) atoms. The molecule has 0 amide bonds. The molecule has 0 atom stereocenters. The van der Waals surface area contributed by atoms with E-state index < -0.39 is 0 Å². The molecular weight excluding hydrogens is 260 g/mol. The van der Waals surface area contributed by atoms with E-state index in [0.29, 0.717) is 11.6 Å². The molecule has 2 rings (SSSR count). The van der Waals surface area contributed by atoms with Gasteiger partial charge in [0.05, 0.1) is 10.7 Å². The second-order valence-electron chi connectivity index (χ2n) is 4.38. The highest BCUT2D eigenvalue weighted by Crippen LogP contribution is 2.25. The lowest BCUT2D eigenvalue weighted by molar-refractivity contribution is 0.297. The fraction of sp³-hybridized carbons (Fsp3) is 0.267. The third-order valence-electron chi connectivity index (χ3n) is 2.94. The van der Waals surface area contributed by atoms with Gasteiger partial charge in [0.25, 0.3) is 0 Å². The van der Waals surface area contributed by atoms with Crippen molar-refractivity contribution in [2.75, 3.05) is 12.4 Å². The topological polar surface area (TPSA) is 34.1 Å². The van der Waals surface area contributed by atoms with Gasteiger partial charge < -0.3 is 10.1 Å². The largest absolute Gasteiger partial charge is 0.487 e. The van der Waals surface area contributed by atoms with Crippen LogP contribution in [0.2, 0.25) is 5.02 Å². The number of hydrogen-bond acceptors (Lipinski definition) is 3. The second-order valence-corrected chi connectivity index (χ2v) is 4.79. The Labute approximate surface area is 118 Å². The van der Waals surface area contributed by atoms with E-state index in [2.05, 4.69) is 10.3 Å². The van der Waals surface area contributed by atoms with Crippen LogP contribution in [0.3, 0.4) is 0 Å². The molecule has 0 saturated carbocycles. The molecule has 100 valence electrons. The Morgan fingerprint density at radius 2 is 1.84 bits per heavy atom. The molecule has 1 aromatic heterocycles. The summed E-state index contributed by atoms with van der Waals surface area (Å²) < 4.78 is 5.86. The minimum absolute atomic E-state index is 0.361. The molecule has 1 aromatic carbocycles. The average molecular weight is 277 g/mol. The van der Waals surface area contributed by atoms with E-state index in [4.69, 9.17) is 16.3 Å². The van der Waals surface area contributed by atoms with Gasteiger partial charge in [-0.1, -0.05) is 29.8 Å². The Kier molecular flexibility index (Phi) is 4.27. The predicted molar refractivity (Wildman–Crippen MR) is 79.0 cm³/mol.